The lowest BCUT2D eigenvalue weighted by Gasteiger charge is -2.36. The Morgan fingerprint density at radius 1 is 1.28 bits per heavy atom. The molecule has 3 rings (SSSR count). The van der Waals surface area contributed by atoms with Crippen LogP contribution >= 0.6 is 0 Å². The first-order valence-electron chi connectivity index (χ1n) is 7.36. The van der Waals surface area contributed by atoms with Gasteiger partial charge in [-0.05, 0) is 49.4 Å². The molecule has 25 heavy (non-hydrogen) atoms. The molecule has 2 N–H and O–H groups in total. The third-order valence-corrected chi connectivity index (χ3v) is 5.64. The number of fused-ring (bicyclic) bond motifs is 1. The SMILES string of the molecule is CC1COc2ccc(NC(=O)O)cc2N1S(=O)(=O)c1ccc(F)cc1. The maximum Gasteiger partial charge on any atom is 0.409 e. The molecular weight excluding hydrogens is 351 g/mol. The molecule has 0 aliphatic carbocycles. The third-order valence-electron chi connectivity index (χ3n) is 3.70. The Kier molecular flexibility index (Phi) is 4.25. The number of ether oxygens (including phenoxy) is 1. The summed E-state index contributed by atoms with van der Waals surface area (Å²) in [6.07, 6.45) is -1.27. The summed E-state index contributed by atoms with van der Waals surface area (Å²) in [5, 5.41) is 11.0. The quantitative estimate of drug-likeness (QED) is 0.871. The fourth-order valence-corrected chi connectivity index (χ4v) is 4.26. The number of anilines is 2. The number of hydrogen-bond donors (Lipinski definition) is 2. The lowest BCUT2D eigenvalue weighted by molar-refractivity contribution is 0.209. The van der Waals surface area contributed by atoms with E-state index in [4.69, 9.17) is 9.84 Å². The van der Waals surface area contributed by atoms with Gasteiger partial charge in [0.15, 0.2) is 0 Å². The highest BCUT2D eigenvalue weighted by molar-refractivity contribution is 7.92. The number of benzene rings is 2. The molecule has 1 heterocycles. The molecule has 0 radical (unpaired) electrons. The van der Waals surface area contributed by atoms with E-state index < -0.39 is 28.0 Å². The first kappa shape index (κ1) is 17.0. The molecule has 1 amide bonds. The van der Waals surface area contributed by atoms with Crippen LogP contribution in [0.4, 0.5) is 20.6 Å². The van der Waals surface area contributed by atoms with E-state index in [9.17, 15) is 17.6 Å². The zero-order valence-corrected chi connectivity index (χ0v) is 14.0. The Balaban J connectivity index is 2.10. The molecule has 1 aliphatic rings. The maximum absolute atomic E-state index is 13.1. The molecule has 132 valence electrons. The van der Waals surface area contributed by atoms with Crippen LogP contribution in [0.25, 0.3) is 0 Å². The van der Waals surface area contributed by atoms with Crippen LogP contribution in [0.2, 0.25) is 0 Å². The summed E-state index contributed by atoms with van der Waals surface area (Å²) in [7, 11) is -3.98. The van der Waals surface area contributed by atoms with Gasteiger partial charge in [0.25, 0.3) is 10.0 Å². The number of halogens is 1. The summed E-state index contributed by atoms with van der Waals surface area (Å²) in [6, 6.07) is 8.36. The number of rotatable bonds is 3. The molecule has 1 aliphatic heterocycles. The van der Waals surface area contributed by atoms with Crippen molar-refractivity contribution >= 4 is 27.5 Å². The average molecular weight is 366 g/mol. The molecule has 0 saturated heterocycles. The van der Waals surface area contributed by atoms with Crippen LogP contribution in [0.1, 0.15) is 6.92 Å². The van der Waals surface area contributed by atoms with Gasteiger partial charge in [0.05, 0.1) is 16.6 Å². The molecular formula is C16H15FN2O5S. The number of hydrogen-bond acceptors (Lipinski definition) is 4. The lowest BCUT2D eigenvalue weighted by atomic mass is 10.2. The van der Waals surface area contributed by atoms with Gasteiger partial charge >= 0.3 is 6.09 Å². The summed E-state index contributed by atoms with van der Waals surface area (Å²) < 4.78 is 45.8. The Morgan fingerprint density at radius 2 is 1.96 bits per heavy atom. The minimum absolute atomic E-state index is 0.0646. The van der Waals surface area contributed by atoms with Gasteiger partial charge in [0.1, 0.15) is 18.2 Å². The van der Waals surface area contributed by atoms with Gasteiger partial charge < -0.3 is 9.84 Å². The molecule has 0 saturated carbocycles. The minimum atomic E-state index is -3.98. The predicted octanol–water partition coefficient (Wildman–Crippen LogP) is 2.89. The van der Waals surface area contributed by atoms with Gasteiger partial charge in [-0.15, -0.1) is 0 Å². The van der Waals surface area contributed by atoms with E-state index in [1.807, 2.05) is 0 Å². The van der Waals surface area contributed by atoms with Crippen LogP contribution in [0.3, 0.4) is 0 Å². The fourth-order valence-electron chi connectivity index (χ4n) is 2.61. The topological polar surface area (TPSA) is 95.9 Å². The number of carboxylic acid groups (broad SMARTS) is 1. The van der Waals surface area contributed by atoms with E-state index in [1.54, 1.807) is 6.92 Å². The second-order valence-electron chi connectivity index (χ2n) is 5.53. The molecule has 1 atom stereocenters. The Labute approximate surface area is 143 Å². The van der Waals surface area contributed by atoms with Crippen molar-refractivity contribution in [1.82, 2.24) is 0 Å². The van der Waals surface area contributed by atoms with Crippen LogP contribution in [0, 0.1) is 5.82 Å². The zero-order valence-electron chi connectivity index (χ0n) is 13.1. The summed E-state index contributed by atoms with van der Waals surface area (Å²) in [5.74, 6) is -0.220. The third kappa shape index (κ3) is 3.22. The van der Waals surface area contributed by atoms with Gasteiger partial charge in [-0.25, -0.2) is 17.6 Å². The van der Waals surface area contributed by atoms with Crippen LogP contribution in [-0.4, -0.2) is 32.3 Å². The molecule has 2 aromatic carbocycles. The highest BCUT2D eigenvalue weighted by atomic mass is 32.2. The molecule has 0 aromatic heterocycles. The number of sulfonamides is 1. The molecule has 9 heteroatoms. The van der Waals surface area contributed by atoms with Crippen LogP contribution in [-0.2, 0) is 10.0 Å². The number of nitrogens with zero attached hydrogens (tertiary/aromatic N) is 1. The Hall–Kier alpha value is -2.81. The number of amides is 1. The summed E-state index contributed by atoms with van der Waals surface area (Å²) in [4.78, 5) is 10.8. The predicted molar refractivity (Wildman–Crippen MR) is 89.1 cm³/mol. The van der Waals surface area contributed by atoms with E-state index in [2.05, 4.69) is 5.32 Å². The smallest absolute Gasteiger partial charge is 0.409 e. The monoisotopic (exact) mass is 366 g/mol. The molecule has 0 bridgehead atoms. The van der Waals surface area contributed by atoms with Gasteiger partial charge in [0, 0.05) is 5.69 Å². The normalized spacial score (nSPS) is 16.7. The first-order chi connectivity index (χ1) is 11.8. The van der Waals surface area contributed by atoms with E-state index in [-0.39, 0.29) is 22.9 Å². The van der Waals surface area contributed by atoms with Gasteiger partial charge in [0.2, 0.25) is 0 Å². The van der Waals surface area contributed by atoms with E-state index in [1.165, 1.54) is 30.3 Å². The minimum Gasteiger partial charge on any atom is -0.489 e. The molecule has 1 unspecified atom stereocenters. The Bertz CT molecular complexity index is 915. The standard InChI is InChI=1S/C16H15FN2O5S/c1-10-9-24-15-7-4-12(18-16(20)21)8-14(15)19(10)25(22,23)13-5-2-11(17)3-6-13/h2-8,10,18H,9H2,1H3,(H,20,21). The van der Waals surface area contributed by atoms with E-state index in [0.717, 1.165) is 16.4 Å². The first-order valence-corrected chi connectivity index (χ1v) is 8.80. The van der Waals surface area contributed by atoms with Crippen molar-refractivity contribution in [1.29, 1.82) is 0 Å². The van der Waals surface area contributed by atoms with Gasteiger partial charge in [-0.3, -0.25) is 9.62 Å². The average Bonchev–Trinajstić information content (AvgIpc) is 2.54. The van der Waals surface area contributed by atoms with E-state index >= 15 is 0 Å². The molecule has 0 fully saturated rings. The molecule has 2 aromatic rings. The molecule has 0 spiro atoms. The van der Waals surface area contributed by atoms with Crippen molar-refractivity contribution in [2.75, 3.05) is 16.2 Å². The highest BCUT2D eigenvalue weighted by Gasteiger charge is 2.35. The van der Waals surface area contributed by atoms with Crippen molar-refractivity contribution in [2.45, 2.75) is 17.9 Å². The highest BCUT2D eigenvalue weighted by Crippen LogP contribution is 2.39. The summed E-state index contributed by atoms with van der Waals surface area (Å²) in [5.41, 5.74) is 0.428. The second-order valence-corrected chi connectivity index (χ2v) is 7.34. The van der Waals surface area contributed by atoms with Crippen molar-refractivity contribution in [3.05, 3.63) is 48.3 Å². The van der Waals surface area contributed by atoms with Crippen LogP contribution in [0.5, 0.6) is 5.75 Å². The largest absolute Gasteiger partial charge is 0.489 e. The van der Waals surface area contributed by atoms with Gasteiger partial charge in [-0.2, -0.15) is 0 Å². The Morgan fingerprint density at radius 3 is 2.60 bits per heavy atom. The summed E-state index contributed by atoms with van der Waals surface area (Å²) in [6.45, 7) is 1.81. The van der Waals surface area contributed by atoms with Crippen LogP contribution < -0.4 is 14.4 Å². The number of carbonyl (C=O) groups is 1. The second kappa shape index (κ2) is 6.25. The fraction of sp³-hybridized carbons (Fsp3) is 0.188. The van der Waals surface area contributed by atoms with Gasteiger partial charge in [-0.1, -0.05) is 0 Å². The molecule has 7 nitrogen and oxygen atoms in total. The maximum atomic E-state index is 13.1. The number of nitrogens with one attached hydrogen (secondary N) is 1. The lowest BCUT2D eigenvalue weighted by Crippen LogP contribution is -2.45. The van der Waals surface area contributed by atoms with Crippen molar-refractivity contribution < 1.29 is 27.4 Å². The zero-order chi connectivity index (χ0) is 18.2. The van der Waals surface area contributed by atoms with Crippen molar-refractivity contribution in [2.24, 2.45) is 0 Å². The van der Waals surface area contributed by atoms with Crippen molar-refractivity contribution in [3.63, 3.8) is 0 Å². The summed E-state index contributed by atoms with van der Waals surface area (Å²) >= 11 is 0. The van der Waals surface area contributed by atoms with E-state index in [0.29, 0.717) is 5.75 Å². The van der Waals surface area contributed by atoms with Crippen molar-refractivity contribution in [3.8, 4) is 5.75 Å². The van der Waals surface area contributed by atoms with Crippen LogP contribution in [0.15, 0.2) is 47.4 Å².